The molecule has 0 saturated heterocycles. The lowest BCUT2D eigenvalue weighted by atomic mass is 10.0. The lowest BCUT2D eigenvalue weighted by Gasteiger charge is -2.15. The molecule has 0 aliphatic rings. The SMILES string of the molecule is [C-]#[N+]c1cnc(-c2cc(-c3ncc(C#N)cn3)ccc2-n2c3ccccc3c3ccc(-c4cccc(C#N)c4)cc32)nc1. The average molecular weight is 551 g/mol. The van der Waals surface area contributed by atoms with Crippen molar-refractivity contribution in [1.82, 2.24) is 24.5 Å². The summed E-state index contributed by atoms with van der Waals surface area (Å²) in [7, 11) is 0. The number of aromatic nitrogens is 5. The molecule has 8 nitrogen and oxygen atoms in total. The highest BCUT2D eigenvalue weighted by molar-refractivity contribution is 6.10. The minimum atomic E-state index is 0.345. The molecule has 7 rings (SSSR count). The summed E-state index contributed by atoms with van der Waals surface area (Å²) in [5.74, 6) is 0.910. The van der Waals surface area contributed by atoms with E-state index in [0.717, 1.165) is 49.7 Å². The van der Waals surface area contributed by atoms with Gasteiger partial charge in [0.05, 0.1) is 40.5 Å². The van der Waals surface area contributed by atoms with Crippen molar-refractivity contribution in [2.24, 2.45) is 0 Å². The number of hydrogen-bond donors (Lipinski definition) is 0. The largest absolute Gasteiger partial charge is 0.308 e. The maximum atomic E-state index is 9.47. The van der Waals surface area contributed by atoms with Crippen molar-refractivity contribution in [3.8, 4) is 51.7 Å². The summed E-state index contributed by atoms with van der Waals surface area (Å²) in [6.07, 6.45) is 6.01. The van der Waals surface area contributed by atoms with E-state index in [-0.39, 0.29) is 0 Å². The van der Waals surface area contributed by atoms with E-state index >= 15 is 0 Å². The Labute approximate surface area is 246 Å². The maximum Gasteiger partial charge on any atom is 0.222 e. The second-order valence-corrected chi connectivity index (χ2v) is 9.79. The van der Waals surface area contributed by atoms with E-state index < -0.39 is 0 Å². The summed E-state index contributed by atoms with van der Waals surface area (Å²) in [6, 6.07) is 32.3. The molecule has 7 aromatic rings. The van der Waals surface area contributed by atoms with Crippen LogP contribution in [0.1, 0.15) is 11.1 Å². The molecule has 8 heteroatoms. The van der Waals surface area contributed by atoms with Crippen LogP contribution in [0, 0.1) is 29.2 Å². The Balaban J connectivity index is 1.51. The van der Waals surface area contributed by atoms with Crippen molar-refractivity contribution in [2.75, 3.05) is 0 Å². The molecule has 0 bridgehead atoms. The van der Waals surface area contributed by atoms with Gasteiger partial charge in [0.2, 0.25) is 5.69 Å². The first-order chi connectivity index (χ1) is 21.2. The van der Waals surface area contributed by atoms with Gasteiger partial charge in [0.15, 0.2) is 11.6 Å². The molecule has 198 valence electrons. The number of benzene rings is 4. The molecule has 3 aromatic heterocycles. The van der Waals surface area contributed by atoms with Crippen LogP contribution in [0.15, 0.2) is 110 Å². The second kappa shape index (κ2) is 10.4. The van der Waals surface area contributed by atoms with Gasteiger partial charge < -0.3 is 4.57 Å². The third-order valence-electron chi connectivity index (χ3n) is 7.28. The maximum absolute atomic E-state index is 9.47. The molecule has 0 spiro atoms. The molecule has 0 aliphatic carbocycles. The van der Waals surface area contributed by atoms with Crippen LogP contribution in [0.2, 0.25) is 0 Å². The quantitative estimate of drug-likeness (QED) is 0.208. The summed E-state index contributed by atoms with van der Waals surface area (Å²) in [4.78, 5) is 21.3. The zero-order chi connectivity index (χ0) is 29.3. The third kappa shape index (κ3) is 4.40. The lowest BCUT2D eigenvalue weighted by Crippen LogP contribution is -2.01. The van der Waals surface area contributed by atoms with Crippen molar-refractivity contribution in [2.45, 2.75) is 0 Å². The van der Waals surface area contributed by atoms with Crippen LogP contribution in [0.3, 0.4) is 0 Å². The van der Waals surface area contributed by atoms with E-state index in [1.165, 1.54) is 24.8 Å². The summed E-state index contributed by atoms with van der Waals surface area (Å²) >= 11 is 0. The van der Waals surface area contributed by atoms with Gasteiger partial charge in [0.25, 0.3) is 0 Å². The summed E-state index contributed by atoms with van der Waals surface area (Å²) in [5, 5.41) is 20.8. The molecule has 43 heavy (non-hydrogen) atoms. The molecule has 0 unspecified atom stereocenters. The van der Waals surface area contributed by atoms with Gasteiger partial charge in [0.1, 0.15) is 6.07 Å². The van der Waals surface area contributed by atoms with Crippen LogP contribution in [0.5, 0.6) is 0 Å². The Morgan fingerprint density at radius 1 is 0.605 bits per heavy atom. The van der Waals surface area contributed by atoms with E-state index in [0.29, 0.717) is 28.5 Å². The Morgan fingerprint density at radius 3 is 2.07 bits per heavy atom. The van der Waals surface area contributed by atoms with Crippen molar-refractivity contribution < 1.29 is 0 Å². The van der Waals surface area contributed by atoms with Gasteiger partial charge in [-0.2, -0.15) is 10.5 Å². The molecule has 0 saturated carbocycles. The monoisotopic (exact) mass is 550 g/mol. The number of nitrogens with zero attached hydrogens (tertiary/aromatic N) is 8. The average Bonchev–Trinajstić information content (AvgIpc) is 3.41. The van der Waals surface area contributed by atoms with Gasteiger partial charge in [0, 0.05) is 46.7 Å². The van der Waals surface area contributed by atoms with Gasteiger partial charge in [-0.3, -0.25) is 0 Å². The lowest BCUT2D eigenvalue weighted by molar-refractivity contribution is 1.13. The molecular formula is C35H18N8. The summed E-state index contributed by atoms with van der Waals surface area (Å²) < 4.78 is 2.19. The van der Waals surface area contributed by atoms with E-state index in [1.54, 1.807) is 6.07 Å². The Morgan fingerprint density at radius 2 is 1.30 bits per heavy atom. The van der Waals surface area contributed by atoms with Gasteiger partial charge in [-0.25, -0.2) is 24.8 Å². The first-order valence-corrected chi connectivity index (χ1v) is 13.3. The first kappa shape index (κ1) is 25.3. The minimum Gasteiger partial charge on any atom is -0.308 e. The predicted octanol–water partition coefficient (Wildman–Crippen LogP) is 7.66. The molecule has 3 heterocycles. The van der Waals surface area contributed by atoms with E-state index in [1.807, 2.05) is 54.6 Å². The Hall–Kier alpha value is -6.69. The van der Waals surface area contributed by atoms with Crippen molar-refractivity contribution >= 4 is 27.5 Å². The Bertz CT molecular complexity index is 2310. The van der Waals surface area contributed by atoms with Gasteiger partial charge in [-0.15, -0.1) is 0 Å². The van der Waals surface area contributed by atoms with E-state index in [2.05, 4.69) is 65.7 Å². The second-order valence-electron chi connectivity index (χ2n) is 9.79. The van der Waals surface area contributed by atoms with E-state index in [4.69, 9.17) is 6.57 Å². The fraction of sp³-hybridized carbons (Fsp3) is 0. The topological polar surface area (TPSA) is 108 Å². The summed E-state index contributed by atoms with van der Waals surface area (Å²) in [6.45, 7) is 7.34. The fourth-order valence-electron chi connectivity index (χ4n) is 5.28. The number of nitriles is 2. The zero-order valence-electron chi connectivity index (χ0n) is 22.5. The highest BCUT2D eigenvalue weighted by Gasteiger charge is 2.19. The van der Waals surface area contributed by atoms with Crippen molar-refractivity contribution in [1.29, 1.82) is 10.5 Å². The number of hydrogen-bond acceptors (Lipinski definition) is 6. The molecule has 4 aromatic carbocycles. The molecule has 0 radical (unpaired) electrons. The van der Waals surface area contributed by atoms with Gasteiger partial charge in [-0.1, -0.05) is 42.5 Å². The highest BCUT2D eigenvalue weighted by atomic mass is 15.0. The van der Waals surface area contributed by atoms with Crippen LogP contribution in [-0.4, -0.2) is 24.5 Å². The summed E-state index contributed by atoms with van der Waals surface area (Å²) in [5.41, 5.74) is 7.52. The number of para-hydroxylation sites is 1. The van der Waals surface area contributed by atoms with Crippen molar-refractivity contribution in [3.63, 3.8) is 0 Å². The van der Waals surface area contributed by atoms with E-state index in [9.17, 15) is 10.5 Å². The van der Waals surface area contributed by atoms with Gasteiger partial charge >= 0.3 is 0 Å². The fourth-order valence-corrected chi connectivity index (χ4v) is 5.28. The molecule has 0 fully saturated rings. The van der Waals surface area contributed by atoms with Crippen LogP contribution in [-0.2, 0) is 0 Å². The minimum absolute atomic E-state index is 0.345. The predicted molar refractivity (Wildman–Crippen MR) is 164 cm³/mol. The number of fused-ring (bicyclic) bond motifs is 3. The molecule has 0 amide bonds. The molecule has 0 N–H and O–H groups in total. The van der Waals surface area contributed by atoms with Gasteiger partial charge in [-0.05, 0) is 53.6 Å². The first-order valence-electron chi connectivity index (χ1n) is 13.3. The molecule has 0 aliphatic heterocycles. The smallest absolute Gasteiger partial charge is 0.222 e. The standard InChI is InChI=1S/C35H18N8/c1-38-27-20-41-35(42-21-27)30-14-26(34-39-18-23(17-37)19-40-34)10-12-32(30)43-31-8-3-2-7-28(31)29-11-9-25(15-33(29)43)24-6-4-5-22(13-24)16-36/h2-15,18-21H. The molecule has 0 atom stereocenters. The molecular weight excluding hydrogens is 532 g/mol. The van der Waals surface area contributed by atoms with Crippen molar-refractivity contribution in [3.05, 3.63) is 132 Å². The van der Waals surface area contributed by atoms with Crippen LogP contribution < -0.4 is 0 Å². The van der Waals surface area contributed by atoms with Crippen LogP contribution in [0.25, 0.3) is 66.2 Å². The third-order valence-corrected chi connectivity index (χ3v) is 7.28. The highest BCUT2D eigenvalue weighted by Crippen LogP contribution is 2.38. The number of rotatable bonds is 4. The Kier molecular flexibility index (Phi) is 6.10. The van der Waals surface area contributed by atoms with Crippen LogP contribution >= 0.6 is 0 Å². The zero-order valence-corrected chi connectivity index (χ0v) is 22.5. The van der Waals surface area contributed by atoms with Crippen LogP contribution in [0.4, 0.5) is 5.69 Å². The normalized spacial score (nSPS) is 10.7.